The Kier molecular flexibility index (Phi) is 4.29. The summed E-state index contributed by atoms with van der Waals surface area (Å²) >= 11 is 0. The van der Waals surface area contributed by atoms with E-state index in [1.54, 1.807) is 20.8 Å². The van der Waals surface area contributed by atoms with Crippen molar-refractivity contribution in [2.75, 3.05) is 11.5 Å². The summed E-state index contributed by atoms with van der Waals surface area (Å²) in [6.45, 7) is 6.66. The Morgan fingerprint density at radius 2 is 1.89 bits per heavy atom. The summed E-state index contributed by atoms with van der Waals surface area (Å²) < 4.78 is 28.0. The Hall–Kier alpha value is -1.11. The molecule has 0 radical (unpaired) electrons. The molecule has 0 spiro atoms. The van der Waals surface area contributed by atoms with E-state index in [9.17, 15) is 18.0 Å². The molecule has 19 heavy (non-hydrogen) atoms. The van der Waals surface area contributed by atoms with Gasteiger partial charge in [-0.2, -0.15) is 0 Å². The minimum absolute atomic E-state index is 0.0527. The summed E-state index contributed by atoms with van der Waals surface area (Å²) in [5, 5.41) is 2.49. The Morgan fingerprint density at radius 3 is 2.26 bits per heavy atom. The Balaban J connectivity index is 2.76. The number of nitrogens with one attached hydrogen (secondary N) is 1. The van der Waals surface area contributed by atoms with Crippen LogP contribution in [0.4, 0.5) is 4.79 Å². The van der Waals surface area contributed by atoms with Gasteiger partial charge in [-0.15, -0.1) is 0 Å². The lowest BCUT2D eigenvalue weighted by Crippen LogP contribution is -2.54. The lowest BCUT2D eigenvalue weighted by Gasteiger charge is -2.31. The van der Waals surface area contributed by atoms with Gasteiger partial charge in [0.15, 0.2) is 9.84 Å². The van der Waals surface area contributed by atoms with Gasteiger partial charge in [-0.3, -0.25) is 0 Å². The predicted octanol–water partition coefficient (Wildman–Crippen LogP) is 0.903. The van der Waals surface area contributed by atoms with Crippen LogP contribution in [0.15, 0.2) is 0 Å². The summed E-state index contributed by atoms with van der Waals surface area (Å²) in [4.78, 5) is 23.0. The molecule has 1 saturated heterocycles. The second-order valence-corrected chi connectivity index (χ2v) is 8.36. The third kappa shape index (κ3) is 4.49. The van der Waals surface area contributed by atoms with Gasteiger partial charge in [-0.05, 0) is 34.1 Å². The molecule has 6 nitrogen and oxygen atoms in total. The van der Waals surface area contributed by atoms with Crippen molar-refractivity contribution in [1.82, 2.24) is 5.32 Å². The van der Waals surface area contributed by atoms with Gasteiger partial charge in [0.05, 0.1) is 17.0 Å². The smallest absolute Gasteiger partial charge is 0.408 e. The van der Waals surface area contributed by atoms with E-state index in [-0.39, 0.29) is 11.5 Å². The van der Waals surface area contributed by atoms with Gasteiger partial charge in [-0.1, -0.05) is 0 Å². The van der Waals surface area contributed by atoms with E-state index < -0.39 is 33.0 Å². The van der Waals surface area contributed by atoms with Crippen molar-refractivity contribution in [2.45, 2.75) is 45.3 Å². The van der Waals surface area contributed by atoms with E-state index in [1.165, 1.54) is 6.92 Å². The first-order valence-electron chi connectivity index (χ1n) is 6.15. The van der Waals surface area contributed by atoms with Crippen LogP contribution in [0.2, 0.25) is 0 Å². The number of ether oxygens (including phenoxy) is 1. The Morgan fingerprint density at radius 1 is 1.32 bits per heavy atom. The SMILES string of the molecule is CC(C)(C)OC(=O)NC(C)(C=O)C1CCS(=O)(=O)C1. The maximum atomic E-state index is 11.7. The summed E-state index contributed by atoms with van der Waals surface area (Å²) in [7, 11) is -3.11. The molecule has 0 aromatic heterocycles. The van der Waals surface area contributed by atoms with E-state index >= 15 is 0 Å². The predicted molar refractivity (Wildman–Crippen MR) is 70.6 cm³/mol. The van der Waals surface area contributed by atoms with E-state index in [2.05, 4.69) is 5.32 Å². The number of hydrogen-bond donors (Lipinski definition) is 1. The normalized spacial score (nSPS) is 25.4. The maximum Gasteiger partial charge on any atom is 0.408 e. The van der Waals surface area contributed by atoms with E-state index in [4.69, 9.17) is 4.74 Å². The average molecular weight is 291 g/mol. The zero-order valence-corrected chi connectivity index (χ0v) is 12.5. The fourth-order valence-corrected chi connectivity index (χ4v) is 3.96. The highest BCUT2D eigenvalue weighted by molar-refractivity contribution is 7.91. The van der Waals surface area contributed by atoms with Crippen LogP contribution >= 0.6 is 0 Å². The van der Waals surface area contributed by atoms with Crippen molar-refractivity contribution in [1.29, 1.82) is 0 Å². The number of amides is 1. The minimum Gasteiger partial charge on any atom is -0.444 e. The molecular formula is C12H21NO5S. The number of aldehydes is 1. The second kappa shape index (κ2) is 5.11. The second-order valence-electron chi connectivity index (χ2n) is 6.13. The quantitative estimate of drug-likeness (QED) is 0.780. The highest BCUT2D eigenvalue weighted by Crippen LogP contribution is 2.28. The van der Waals surface area contributed by atoms with Gasteiger partial charge in [0.2, 0.25) is 0 Å². The third-order valence-electron chi connectivity index (χ3n) is 3.10. The summed E-state index contributed by atoms with van der Waals surface area (Å²) in [6.07, 6.45) is 0.238. The van der Waals surface area contributed by atoms with Gasteiger partial charge < -0.3 is 14.8 Å². The molecule has 1 aliphatic heterocycles. The molecular weight excluding hydrogens is 270 g/mol. The number of sulfone groups is 1. The summed E-state index contributed by atoms with van der Waals surface area (Å²) in [5.41, 5.74) is -1.89. The molecule has 0 aliphatic carbocycles. The van der Waals surface area contributed by atoms with Crippen molar-refractivity contribution in [3.05, 3.63) is 0 Å². The number of carbonyl (C=O) groups excluding carboxylic acids is 2. The van der Waals surface area contributed by atoms with Crippen LogP contribution in [0.3, 0.4) is 0 Å². The van der Waals surface area contributed by atoms with Crippen LogP contribution in [0.1, 0.15) is 34.1 Å². The van der Waals surface area contributed by atoms with Crippen LogP contribution in [0, 0.1) is 5.92 Å². The molecule has 1 fully saturated rings. The van der Waals surface area contributed by atoms with Gasteiger partial charge in [0.1, 0.15) is 11.9 Å². The van der Waals surface area contributed by atoms with Crippen molar-refractivity contribution in [2.24, 2.45) is 5.92 Å². The van der Waals surface area contributed by atoms with Crippen LogP contribution in [-0.4, -0.2) is 43.4 Å². The van der Waals surface area contributed by atoms with Crippen molar-refractivity contribution in [3.63, 3.8) is 0 Å². The molecule has 0 saturated carbocycles. The van der Waals surface area contributed by atoms with E-state index in [0.29, 0.717) is 12.7 Å². The fourth-order valence-electron chi connectivity index (χ4n) is 2.02. The lowest BCUT2D eigenvalue weighted by atomic mass is 9.86. The van der Waals surface area contributed by atoms with Crippen LogP contribution < -0.4 is 5.32 Å². The lowest BCUT2D eigenvalue weighted by molar-refractivity contribution is -0.114. The third-order valence-corrected chi connectivity index (χ3v) is 4.86. The monoisotopic (exact) mass is 291 g/mol. The zero-order valence-electron chi connectivity index (χ0n) is 11.7. The number of rotatable bonds is 3. The Labute approximate surface area is 113 Å². The van der Waals surface area contributed by atoms with Crippen LogP contribution in [0.5, 0.6) is 0 Å². The summed E-state index contributed by atoms with van der Waals surface area (Å²) in [6, 6.07) is 0. The van der Waals surface area contributed by atoms with Crippen LogP contribution in [0.25, 0.3) is 0 Å². The molecule has 2 unspecified atom stereocenters. The first kappa shape index (κ1) is 15.9. The first-order valence-corrected chi connectivity index (χ1v) is 7.97. The molecule has 0 aromatic rings. The largest absolute Gasteiger partial charge is 0.444 e. The summed E-state index contributed by atoms with van der Waals surface area (Å²) in [5.74, 6) is -0.447. The fraction of sp³-hybridized carbons (Fsp3) is 0.833. The highest BCUT2D eigenvalue weighted by Gasteiger charge is 2.43. The number of carbonyl (C=O) groups is 2. The molecule has 1 N–H and O–H groups in total. The van der Waals surface area contributed by atoms with Crippen molar-refractivity contribution < 1.29 is 22.7 Å². The van der Waals surface area contributed by atoms with Crippen LogP contribution in [-0.2, 0) is 19.4 Å². The van der Waals surface area contributed by atoms with Gasteiger partial charge in [0, 0.05) is 5.92 Å². The topological polar surface area (TPSA) is 89.5 Å². The number of alkyl carbamates (subject to hydrolysis) is 1. The molecule has 2 atom stereocenters. The van der Waals surface area contributed by atoms with E-state index in [0.717, 1.165) is 0 Å². The minimum atomic E-state index is -3.11. The molecule has 0 aromatic carbocycles. The molecule has 0 bridgehead atoms. The molecule has 1 aliphatic rings. The highest BCUT2D eigenvalue weighted by atomic mass is 32.2. The standard InChI is InChI=1S/C12H21NO5S/c1-11(2,3)18-10(15)13-12(4,8-14)9-5-6-19(16,17)7-9/h8-9H,5-7H2,1-4H3,(H,13,15). The molecule has 110 valence electrons. The van der Waals surface area contributed by atoms with Crippen molar-refractivity contribution in [3.8, 4) is 0 Å². The van der Waals surface area contributed by atoms with Crippen molar-refractivity contribution >= 4 is 22.2 Å². The molecule has 1 rings (SSSR count). The van der Waals surface area contributed by atoms with Gasteiger partial charge in [0.25, 0.3) is 0 Å². The average Bonchev–Trinajstić information content (AvgIpc) is 2.56. The van der Waals surface area contributed by atoms with Gasteiger partial charge in [-0.25, -0.2) is 13.2 Å². The van der Waals surface area contributed by atoms with E-state index in [1.807, 2.05) is 0 Å². The Bertz CT molecular complexity index is 465. The zero-order chi connectivity index (χ0) is 14.9. The maximum absolute atomic E-state index is 11.7. The molecule has 1 amide bonds. The molecule has 7 heteroatoms. The van der Waals surface area contributed by atoms with Gasteiger partial charge >= 0.3 is 6.09 Å². The first-order chi connectivity index (χ1) is 8.47. The molecule has 1 heterocycles. The number of hydrogen-bond acceptors (Lipinski definition) is 5.